The van der Waals surface area contributed by atoms with E-state index in [-0.39, 0.29) is 54.2 Å². The first-order chi connectivity index (χ1) is 14.7. The van der Waals surface area contributed by atoms with Gasteiger partial charge in [-0.1, -0.05) is 13.8 Å². The summed E-state index contributed by atoms with van der Waals surface area (Å²) >= 11 is 0. The summed E-state index contributed by atoms with van der Waals surface area (Å²) in [5.74, 6) is -0.939. The number of carbonyl (C=O) groups is 4. The second-order valence-electron chi connectivity index (χ2n) is 9.50. The first kappa shape index (κ1) is 23.9. The lowest BCUT2D eigenvalue weighted by molar-refractivity contribution is -0.140. The van der Waals surface area contributed by atoms with E-state index < -0.39 is 19.1 Å². The number of nitrogens with zero attached hydrogens (tertiary/aromatic N) is 2. The highest BCUT2D eigenvalue weighted by molar-refractivity contribution is 6.43. The number of Topliss-reactive ketones (excluding diaryl/α,β-unsaturated/α-hetero) is 1. The van der Waals surface area contributed by atoms with E-state index >= 15 is 0 Å². The van der Waals surface area contributed by atoms with Crippen LogP contribution in [0.4, 0.5) is 0 Å². The standard InChI is InChI=1S/C21H34BN3O6/c1-13(2)16-11-19(27)25(20(16)28)8-3-5-15(26)9-14-10-17(23-12-14)21(29)24-7-4-6-18(24)22(30)31/h13-14,16-18,23,30-31H,3-12H2,1-2H3/t14?,16?,17-,18-/m0/s1. The number of imide groups is 1. The van der Waals surface area contributed by atoms with E-state index in [0.29, 0.717) is 45.2 Å². The van der Waals surface area contributed by atoms with Gasteiger partial charge < -0.3 is 20.3 Å². The Morgan fingerprint density at radius 1 is 1.26 bits per heavy atom. The molecule has 10 heteroatoms. The summed E-state index contributed by atoms with van der Waals surface area (Å²) < 4.78 is 0. The molecule has 3 fully saturated rings. The molecule has 3 aliphatic heterocycles. The molecule has 0 saturated carbocycles. The van der Waals surface area contributed by atoms with Gasteiger partial charge in [0.1, 0.15) is 5.78 Å². The van der Waals surface area contributed by atoms with Crippen LogP contribution in [0.15, 0.2) is 0 Å². The third-order valence-electron chi connectivity index (χ3n) is 6.88. The fourth-order valence-corrected chi connectivity index (χ4v) is 5.05. The molecule has 3 saturated heterocycles. The highest BCUT2D eigenvalue weighted by Crippen LogP contribution is 2.27. The fraction of sp³-hybridized carbons (Fsp3) is 0.810. The van der Waals surface area contributed by atoms with Crippen LogP contribution < -0.4 is 5.32 Å². The van der Waals surface area contributed by atoms with Gasteiger partial charge in [0, 0.05) is 38.3 Å². The van der Waals surface area contributed by atoms with Crippen molar-refractivity contribution in [3.05, 3.63) is 0 Å². The molecule has 0 aromatic heterocycles. The number of likely N-dealkylation sites (tertiary alicyclic amines) is 2. The van der Waals surface area contributed by atoms with Gasteiger partial charge in [-0.05, 0) is 44.1 Å². The predicted molar refractivity (Wildman–Crippen MR) is 113 cm³/mol. The minimum Gasteiger partial charge on any atom is -0.426 e. The number of ketones is 1. The number of nitrogens with one attached hydrogen (secondary N) is 1. The van der Waals surface area contributed by atoms with Crippen molar-refractivity contribution in [1.29, 1.82) is 0 Å². The third-order valence-corrected chi connectivity index (χ3v) is 6.88. The van der Waals surface area contributed by atoms with Crippen LogP contribution in [0.5, 0.6) is 0 Å². The molecular formula is C21H34BN3O6. The van der Waals surface area contributed by atoms with Crippen molar-refractivity contribution in [3.63, 3.8) is 0 Å². The molecule has 4 atom stereocenters. The van der Waals surface area contributed by atoms with Gasteiger partial charge in [-0.15, -0.1) is 0 Å². The Kier molecular flexibility index (Phi) is 7.88. The Morgan fingerprint density at radius 2 is 2.00 bits per heavy atom. The maximum atomic E-state index is 12.7. The monoisotopic (exact) mass is 435 g/mol. The molecule has 0 aliphatic carbocycles. The second-order valence-corrected chi connectivity index (χ2v) is 9.50. The minimum atomic E-state index is -1.53. The van der Waals surface area contributed by atoms with E-state index in [1.54, 1.807) is 4.90 Å². The van der Waals surface area contributed by atoms with Gasteiger partial charge in [-0.3, -0.25) is 24.1 Å². The molecule has 3 aliphatic rings. The first-order valence-corrected chi connectivity index (χ1v) is 11.4. The SMILES string of the molecule is CC(C)C1CC(=O)N(CCCC(=O)CC2CN[C@H](C(=O)N3CCC[C@H]3B(O)O)C2)C1=O. The van der Waals surface area contributed by atoms with Crippen LogP contribution in [0, 0.1) is 17.8 Å². The molecule has 172 valence electrons. The maximum Gasteiger partial charge on any atom is 0.475 e. The van der Waals surface area contributed by atoms with Gasteiger partial charge in [-0.2, -0.15) is 0 Å². The van der Waals surface area contributed by atoms with Crippen LogP contribution in [0.25, 0.3) is 0 Å². The first-order valence-electron chi connectivity index (χ1n) is 11.4. The lowest BCUT2D eigenvalue weighted by Crippen LogP contribution is -2.51. The van der Waals surface area contributed by atoms with Gasteiger partial charge in [0.25, 0.3) is 0 Å². The summed E-state index contributed by atoms with van der Waals surface area (Å²) in [6.07, 6.45) is 3.28. The van der Waals surface area contributed by atoms with E-state index in [1.807, 2.05) is 13.8 Å². The minimum absolute atomic E-state index is 0.0573. The molecule has 3 N–H and O–H groups in total. The number of hydrogen-bond acceptors (Lipinski definition) is 7. The number of carbonyl (C=O) groups excluding carboxylic acids is 4. The van der Waals surface area contributed by atoms with Crippen molar-refractivity contribution in [3.8, 4) is 0 Å². The second kappa shape index (κ2) is 10.2. The van der Waals surface area contributed by atoms with Crippen LogP contribution in [-0.2, 0) is 19.2 Å². The Morgan fingerprint density at radius 3 is 2.65 bits per heavy atom. The van der Waals surface area contributed by atoms with E-state index in [4.69, 9.17) is 0 Å². The summed E-state index contributed by atoms with van der Waals surface area (Å²) in [6, 6.07) is -0.398. The third kappa shape index (κ3) is 5.53. The van der Waals surface area contributed by atoms with Crippen LogP contribution >= 0.6 is 0 Å². The Balaban J connectivity index is 1.39. The van der Waals surface area contributed by atoms with Crippen LogP contribution in [0.1, 0.15) is 58.8 Å². The van der Waals surface area contributed by atoms with E-state index in [9.17, 15) is 29.2 Å². The summed E-state index contributed by atoms with van der Waals surface area (Å²) in [4.78, 5) is 52.4. The summed E-state index contributed by atoms with van der Waals surface area (Å²) in [6.45, 7) is 5.26. The molecule has 2 unspecified atom stereocenters. The predicted octanol–water partition coefficient (Wildman–Crippen LogP) is -0.262. The summed E-state index contributed by atoms with van der Waals surface area (Å²) in [5, 5.41) is 22.1. The van der Waals surface area contributed by atoms with Crippen LogP contribution in [0.2, 0.25) is 0 Å². The zero-order valence-electron chi connectivity index (χ0n) is 18.5. The van der Waals surface area contributed by atoms with E-state index in [0.717, 1.165) is 6.42 Å². The number of hydrogen-bond donors (Lipinski definition) is 3. The van der Waals surface area contributed by atoms with Crippen molar-refractivity contribution in [2.45, 2.75) is 70.8 Å². The maximum absolute atomic E-state index is 12.7. The molecule has 0 radical (unpaired) electrons. The Hall–Kier alpha value is -1.78. The molecule has 3 heterocycles. The molecule has 3 rings (SSSR count). The number of rotatable bonds is 9. The van der Waals surface area contributed by atoms with E-state index in [2.05, 4.69) is 5.32 Å². The molecule has 0 spiro atoms. The number of amides is 3. The zero-order chi connectivity index (χ0) is 22.7. The van der Waals surface area contributed by atoms with Crippen molar-refractivity contribution < 1.29 is 29.2 Å². The van der Waals surface area contributed by atoms with Crippen LogP contribution in [-0.4, -0.2) is 82.1 Å². The van der Waals surface area contributed by atoms with Crippen molar-refractivity contribution >= 4 is 30.6 Å². The summed E-state index contributed by atoms with van der Waals surface area (Å²) in [7, 11) is -1.53. The Bertz CT molecular complexity index is 715. The lowest BCUT2D eigenvalue weighted by Gasteiger charge is -2.26. The molecule has 0 aromatic rings. The van der Waals surface area contributed by atoms with E-state index in [1.165, 1.54) is 4.90 Å². The van der Waals surface area contributed by atoms with Gasteiger partial charge in [-0.25, -0.2) is 0 Å². The normalized spacial score (nSPS) is 28.8. The van der Waals surface area contributed by atoms with Gasteiger partial charge in [0.2, 0.25) is 17.7 Å². The van der Waals surface area contributed by atoms with Crippen molar-refractivity contribution in [1.82, 2.24) is 15.1 Å². The topological polar surface area (TPSA) is 127 Å². The molecule has 9 nitrogen and oxygen atoms in total. The average Bonchev–Trinajstić information content (AvgIpc) is 3.42. The quantitative estimate of drug-likeness (QED) is 0.336. The highest BCUT2D eigenvalue weighted by Gasteiger charge is 2.42. The lowest BCUT2D eigenvalue weighted by atomic mass is 9.77. The molecular weight excluding hydrogens is 401 g/mol. The molecule has 0 bridgehead atoms. The fourth-order valence-electron chi connectivity index (χ4n) is 5.05. The highest BCUT2D eigenvalue weighted by atomic mass is 16.4. The van der Waals surface area contributed by atoms with Crippen molar-refractivity contribution in [2.24, 2.45) is 17.8 Å². The van der Waals surface area contributed by atoms with Gasteiger partial charge in [0.15, 0.2) is 0 Å². The average molecular weight is 435 g/mol. The molecule has 0 aromatic carbocycles. The smallest absolute Gasteiger partial charge is 0.426 e. The van der Waals surface area contributed by atoms with Crippen molar-refractivity contribution in [2.75, 3.05) is 19.6 Å². The van der Waals surface area contributed by atoms with Crippen LogP contribution in [0.3, 0.4) is 0 Å². The molecule has 3 amide bonds. The largest absolute Gasteiger partial charge is 0.475 e. The summed E-state index contributed by atoms with van der Waals surface area (Å²) in [5.41, 5.74) is 0. The zero-order valence-corrected chi connectivity index (χ0v) is 18.5. The Labute approximate surface area is 183 Å². The van der Waals surface area contributed by atoms with Gasteiger partial charge in [0.05, 0.1) is 12.0 Å². The van der Waals surface area contributed by atoms with Gasteiger partial charge >= 0.3 is 7.12 Å². The molecule has 31 heavy (non-hydrogen) atoms.